The van der Waals surface area contributed by atoms with Crippen LogP contribution in [0.5, 0.6) is 11.5 Å². The van der Waals surface area contributed by atoms with Crippen LogP contribution in [0.4, 0.5) is 5.69 Å². The third kappa shape index (κ3) is 3.63. The Hall–Kier alpha value is -3.29. The van der Waals surface area contributed by atoms with Gasteiger partial charge < -0.3 is 14.6 Å². The molecule has 0 spiro atoms. The average Bonchev–Trinajstić information content (AvgIpc) is 3.40. The van der Waals surface area contributed by atoms with Gasteiger partial charge in [-0.05, 0) is 60.3 Å². The molecule has 1 aliphatic rings. The van der Waals surface area contributed by atoms with Crippen LogP contribution in [0.1, 0.15) is 22.0 Å². The highest BCUT2D eigenvalue weighted by atomic mass is 35.5. The Morgan fingerprint density at radius 2 is 1.81 bits per heavy atom. The molecule has 1 atom stereocenters. The summed E-state index contributed by atoms with van der Waals surface area (Å²) >= 11 is 7.70. The number of ketones is 1. The van der Waals surface area contributed by atoms with Crippen LogP contribution < -0.4 is 14.4 Å². The van der Waals surface area contributed by atoms with E-state index in [0.29, 0.717) is 16.5 Å². The Bertz CT molecular complexity index is 1220. The predicted molar refractivity (Wildman–Crippen MR) is 125 cm³/mol. The topological polar surface area (TPSA) is 76.1 Å². The number of ether oxygens (including phenoxy) is 2. The second-order valence-electron chi connectivity index (χ2n) is 7.21. The summed E-state index contributed by atoms with van der Waals surface area (Å²) < 4.78 is 10.6. The molecule has 4 rings (SSSR count). The van der Waals surface area contributed by atoms with Crippen molar-refractivity contribution in [1.29, 1.82) is 0 Å². The smallest absolute Gasteiger partial charge is 0.300 e. The fourth-order valence-corrected chi connectivity index (χ4v) is 4.99. The molecule has 1 aliphatic heterocycles. The SMILES string of the molecule is COc1ccc(N2C(=O)C(=O)/C(=C(\O)c3cc(C)cc(Cl)c3OC)C2c2cccs2)cc1. The van der Waals surface area contributed by atoms with Crippen LogP contribution in [0.3, 0.4) is 0 Å². The van der Waals surface area contributed by atoms with Crippen molar-refractivity contribution in [3.8, 4) is 11.5 Å². The zero-order valence-corrected chi connectivity index (χ0v) is 19.2. The molecule has 2 heterocycles. The van der Waals surface area contributed by atoms with Gasteiger partial charge in [-0.15, -0.1) is 11.3 Å². The maximum atomic E-state index is 13.2. The van der Waals surface area contributed by atoms with E-state index in [9.17, 15) is 14.7 Å². The average molecular weight is 470 g/mol. The second kappa shape index (κ2) is 8.68. The second-order valence-corrected chi connectivity index (χ2v) is 8.60. The van der Waals surface area contributed by atoms with Gasteiger partial charge in [0.15, 0.2) is 0 Å². The summed E-state index contributed by atoms with van der Waals surface area (Å²) in [5, 5.41) is 13.5. The molecule has 1 fully saturated rings. The molecule has 1 amide bonds. The summed E-state index contributed by atoms with van der Waals surface area (Å²) in [4.78, 5) is 28.5. The molecular formula is C24H20ClNO5S. The van der Waals surface area contributed by atoms with Gasteiger partial charge in [0.05, 0.1) is 30.4 Å². The molecule has 0 radical (unpaired) electrons. The third-order valence-corrected chi connectivity index (χ3v) is 6.46. The van der Waals surface area contributed by atoms with Gasteiger partial charge in [0.25, 0.3) is 11.7 Å². The van der Waals surface area contributed by atoms with E-state index < -0.39 is 17.7 Å². The Labute approximate surface area is 194 Å². The monoisotopic (exact) mass is 469 g/mol. The van der Waals surface area contributed by atoms with E-state index in [-0.39, 0.29) is 22.6 Å². The van der Waals surface area contributed by atoms with E-state index >= 15 is 0 Å². The molecular weight excluding hydrogens is 450 g/mol. The molecule has 8 heteroatoms. The molecule has 2 aromatic carbocycles. The molecule has 1 N–H and O–H groups in total. The lowest BCUT2D eigenvalue weighted by Gasteiger charge is -2.24. The van der Waals surface area contributed by atoms with Crippen molar-refractivity contribution in [2.75, 3.05) is 19.1 Å². The number of halogens is 1. The highest BCUT2D eigenvalue weighted by Crippen LogP contribution is 2.45. The van der Waals surface area contributed by atoms with Crippen molar-refractivity contribution >= 4 is 46.1 Å². The number of aryl methyl sites for hydroxylation is 1. The van der Waals surface area contributed by atoms with Gasteiger partial charge in [0.1, 0.15) is 23.3 Å². The lowest BCUT2D eigenvalue weighted by molar-refractivity contribution is -0.132. The number of hydrogen-bond acceptors (Lipinski definition) is 6. The van der Waals surface area contributed by atoms with Crippen LogP contribution >= 0.6 is 22.9 Å². The zero-order valence-electron chi connectivity index (χ0n) is 17.6. The molecule has 0 bridgehead atoms. The Balaban J connectivity index is 1.95. The lowest BCUT2D eigenvalue weighted by Crippen LogP contribution is -2.29. The van der Waals surface area contributed by atoms with Crippen molar-refractivity contribution in [1.82, 2.24) is 0 Å². The Kier molecular flexibility index (Phi) is 5.95. The molecule has 0 saturated carbocycles. The number of nitrogens with zero attached hydrogens (tertiary/aromatic N) is 1. The molecule has 164 valence electrons. The van der Waals surface area contributed by atoms with Crippen molar-refractivity contribution in [2.24, 2.45) is 0 Å². The zero-order chi connectivity index (χ0) is 23.0. The Morgan fingerprint density at radius 1 is 1.09 bits per heavy atom. The predicted octanol–water partition coefficient (Wildman–Crippen LogP) is 5.35. The third-order valence-electron chi connectivity index (χ3n) is 5.25. The van der Waals surface area contributed by atoms with Gasteiger partial charge >= 0.3 is 0 Å². The van der Waals surface area contributed by atoms with E-state index in [2.05, 4.69) is 0 Å². The van der Waals surface area contributed by atoms with Crippen LogP contribution in [0, 0.1) is 6.92 Å². The highest BCUT2D eigenvalue weighted by Gasteiger charge is 2.47. The summed E-state index contributed by atoms with van der Waals surface area (Å²) in [5.74, 6) is -0.989. The first-order chi connectivity index (χ1) is 15.4. The van der Waals surface area contributed by atoms with Gasteiger partial charge in [-0.25, -0.2) is 0 Å². The molecule has 3 aromatic rings. The number of carbonyl (C=O) groups excluding carboxylic acids is 2. The number of amides is 1. The van der Waals surface area contributed by atoms with E-state index in [1.807, 2.05) is 24.4 Å². The Morgan fingerprint density at radius 3 is 2.41 bits per heavy atom. The summed E-state index contributed by atoms with van der Waals surface area (Å²) in [6.45, 7) is 1.81. The number of carbonyl (C=O) groups is 2. The summed E-state index contributed by atoms with van der Waals surface area (Å²) in [5.41, 5.74) is 1.52. The molecule has 1 saturated heterocycles. The van der Waals surface area contributed by atoms with Crippen molar-refractivity contribution in [2.45, 2.75) is 13.0 Å². The minimum Gasteiger partial charge on any atom is -0.507 e. The van der Waals surface area contributed by atoms with E-state index in [4.69, 9.17) is 21.1 Å². The van der Waals surface area contributed by atoms with Gasteiger partial charge in [0.2, 0.25) is 0 Å². The summed E-state index contributed by atoms with van der Waals surface area (Å²) in [7, 11) is 2.98. The first-order valence-electron chi connectivity index (χ1n) is 9.70. The van der Waals surface area contributed by atoms with Crippen molar-refractivity contribution in [3.63, 3.8) is 0 Å². The van der Waals surface area contributed by atoms with Crippen molar-refractivity contribution in [3.05, 3.63) is 80.5 Å². The highest BCUT2D eigenvalue weighted by molar-refractivity contribution is 7.10. The van der Waals surface area contributed by atoms with Gasteiger partial charge in [-0.3, -0.25) is 14.5 Å². The number of thiophene rings is 1. The molecule has 0 aliphatic carbocycles. The van der Waals surface area contributed by atoms with Crippen LogP contribution in [0.15, 0.2) is 59.5 Å². The normalized spacial score (nSPS) is 17.6. The molecule has 32 heavy (non-hydrogen) atoms. The largest absolute Gasteiger partial charge is 0.507 e. The molecule has 1 aromatic heterocycles. The van der Waals surface area contributed by atoms with E-state index in [0.717, 1.165) is 10.4 Å². The van der Waals surface area contributed by atoms with Crippen LogP contribution in [0.25, 0.3) is 5.76 Å². The van der Waals surface area contributed by atoms with Crippen LogP contribution in [-0.2, 0) is 9.59 Å². The number of hydrogen-bond donors (Lipinski definition) is 1. The fourth-order valence-electron chi connectivity index (χ4n) is 3.82. The maximum Gasteiger partial charge on any atom is 0.300 e. The van der Waals surface area contributed by atoms with E-state index in [1.54, 1.807) is 43.5 Å². The summed E-state index contributed by atoms with van der Waals surface area (Å²) in [6, 6.07) is 13.1. The fraction of sp³-hybridized carbons (Fsp3) is 0.167. The maximum absolute atomic E-state index is 13.2. The van der Waals surface area contributed by atoms with E-state index in [1.165, 1.54) is 23.3 Å². The minimum absolute atomic E-state index is 0.0202. The number of benzene rings is 2. The van der Waals surface area contributed by atoms with Gasteiger partial charge in [-0.2, -0.15) is 0 Å². The number of methoxy groups -OCH3 is 2. The molecule has 6 nitrogen and oxygen atoms in total. The number of Topliss-reactive ketones (excluding diaryl/α,β-unsaturated/α-hetero) is 1. The van der Waals surface area contributed by atoms with Crippen LogP contribution in [-0.4, -0.2) is 31.0 Å². The van der Waals surface area contributed by atoms with Crippen molar-refractivity contribution < 1.29 is 24.2 Å². The number of aliphatic hydroxyl groups is 1. The number of anilines is 1. The molecule has 1 unspecified atom stereocenters. The standard InChI is InChI=1S/C24H20ClNO5S/c1-13-11-16(23(31-3)17(25)12-13)21(27)19-20(18-5-4-10-32-18)26(24(29)22(19)28)14-6-8-15(30-2)9-7-14/h4-12,20,27H,1-3H3/b21-19-. The quantitative estimate of drug-likeness (QED) is 0.309. The number of rotatable bonds is 5. The summed E-state index contributed by atoms with van der Waals surface area (Å²) in [6.07, 6.45) is 0. The van der Waals surface area contributed by atoms with Gasteiger partial charge in [0, 0.05) is 10.6 Å². The van der Waals surface area contributed by atoms with Crippen LogP contribution in [0.2, 0.25) is 5.02 Å². The first-order valence-corrected chi connectivity index (χ1v) is 11.0. The number of aliphatic hydroxyl groups excluding tert-OH is 1. The first kappa shape index (κ1) is 21.9. The van der Waals surface area contributed by atoms with Gasteiger partial charge in [-0.1, -0.05) is 17.7 Å². The lowest BCUT2D eigenvalue weighted by atomic mass is 9.98. The minimum atomic E-state index is -0.799.